The van der Waals surface area contributed by atoms with Crippen molar-refractivity contribution in [2.45, 2.75) is 23.3 Å². The summed E-state index contributed by atoms with van der Waals surface area (Å²) in [5.41, 5.74) is 1.36. The van der Waals surface area contributed by atoms with Crippen LogP contribution in [0.3, 0.4) is 0 Å². The van der Waals surface area contributed by atoms with Crippen LogP contribution in [0.5, 0.6) is 0 Å². The van der Waals surface area contributed by atoms with Crippen LogP contribution in [0.4, 0.5) is 10.1 Å². The summed E-state index contributed by atoms with van der Waals surface area (Å²) in [7, 11) is 0. The van der Waals surface area contributed by atoms with Crippen LogP contribution < -0.4 is 5.32 Å². The van der Waals surface area contributed by atoms with E-state index in [0.717, 1.165) is 0 Å². The van der Waals surface area contributed by atoms with Crippen molar-refractivity contribution in [3.63, 3.8) is 0 Å². The number of nitrogens with zero attached hydrogens (tertiary/aromatic N) is 1. The van der Waals surface area contributed by atoms with Crippen molar-refractivity contribution in [1.82, 2.24) is 4.57 Å². The highest BCUT2D eigenvalue weighted by molar-refractivity contribution is 7.99. The third-order valence-electron chi connectivity index (χ3n) is 5.07. The van der Waals surface area contributed by atoms with E-state index >= 15 is 4.39 Å². The van der Waals surface area contributed by atoms with Gasteiger partial charge in [-0.15, -0.1) is 0 Å². The second-order valence-corrected chi connectivity index (χ2v) is 9.76. The number of hydrogen-bond acceptors (Lipinski definition) is 3. The summed E-state index contributed by atoms with van der Waals surface area (Å²) in [5, 5.41) is 13.2. The number of aromatic carboxylic acids is 1. The fraction of sp³-hybridized carbons (Fsp3) is 0.0833. The minimum absolute atomic E-state index is 0.0716. The second kappa shape index (κ2) is 9.88. The molecular formula is C24H16Cl3FN2O3S. The maximum absolute atomic E-state index is 15.1. The number of anilines is 1. The average Bonchev–Trinajstić information content (AvgIpc) is 3.02. The van der Waals surface area contributed by atoms with Gasteiger partial charge in [0.1, 0.15) is 6.54 Å². The van der Waals surface area contributed by atoms with Crippen molar-refractivity contribution < 1.29 is 19.1 Å². The van der Waals surface area contributed by atoms with E-state index in [1.807, 2.05) is 0 Å². The summed E-state index contributed by atoms with van der Waals surface area (Å²) in [5.74, 6) is -2.11. The Morgan fingerprint density at radius 2 is 1.76 bits per heavy atom. The first-order valence-electron chi connectivity index (χ1n) is 9.88. The zero-order valence-corrected chi connectivity index (χ0v) is 20.6. The zero-order chi connectivity index (χ0) is 24.6. The Labute approximate surface area is 213 Å². The van der Waals surface area contributed by atoms with Crippen LogP contribution in [0.1, 0.15) is 16.1 Å². The number of carboxylic acid groups (broad SMARTS) is 1. The topological polar surface area (TPSA) is 71.3 Å². The van der Waals surface area contributed by atoms with Crippen molar-refractivity contribution in [1.29, 1.82) is 0 Å². The molecule has 0 aliphatic rings. The highest BCUT2D eigenvalue weighted by Crippen LogP contribution is 2.40. The number of fused-ring (bicyclic) bond motifs is 1. The monoisotopic (exact) mass is 536 g/mol. The molecule has 0 aliphatic heterocycles. The van der Waals surface area contributed by atoms with Crippen molar-refractivity contribution in [3.05, 3.63) is 86.7 Å². The quantitative estimate of drug-likeness (QED) is 0.267. The predicted molar refractivity (Wildman–Crippen MR) is 134 cm³/mol. The normalized spacial score (nSPS) is 11.1. The van der Waals surface area contributed by atoms with E-state index in [0.29, 0.717) is 36.6 Å². The lowest BCUT2D eigenvalue weighted by atomic mass is 10.2. The van der Waals surface area contributed by atoms with Gasteiger partial charge >= 0.3 is 5.97 Å². The molecule has 0 radical (unpaired) electrons. The van der Waals surface area contributed by atoms with E-state index in [4.69, 9.17) is 34.8 Å². The highest BCUT2D eigenvalue weighted by Gasteiger charge is 2.22. The Morgan fingerprint density at radius 3 is 2.44 bits per heavy atom. The molecule has 4 rings (SSSR count). The molecule has 1 aromatic heterocycles. The Balaban J connectivity index is 1.74. The smallest absolute Gasteiger partial charge is 0.335 e. The molecule has 1 heterocycles. The van der Waals surface area contributed by atoms with Gasteiger partial charge in [-0.05, 0) is 55.5 Å². The summed E-state index contributed by atoms with van der Waals surface area (Å²) in [4.78, 5) is 25.5. The van der Waals surface area contributed by atoms with Gasteiger partial charge in [0.25, 0.3) is 0 Å². The minimum atomic E-state index is -1.04. The highest BCUT2D eigenvalue weighted by atomic mass is 35.5. The molecule has 4 aromatic rings. The molecule has 0 unspecified atom stereocenters. The van der Waals surface area contributed by atoms with Crippen molar-refractivity contribution in [2.24, 2.45) is 0 Å². The lowest BCUT2D eigenvalue weighted by Crippen LogP contribution is -2.19. The largest absolute Gasteiger partial charge is 0.478 e. The van der Waals surface area contributed by atoms with Crippen LogP contribution in [0, 0.1) is 12.7 Å². The summed E-state index contributed by atoms with van der Waals surface area (Å²) in [6, 6.07) is 14.2. The molecule has 0 fully saturated rings. The number of carbonyl (C=O) groups excluding carboxylic acids is 1. The first-order valence-corrected chi connectivity index (χ1v) is 11.8. The van der Waals surface area contributed by atoms with Gasteiger partial charge in [0.2, 0.25) is 5.91 Å². The fourth-order valence-corrected chi connectivity index (χ4v) is 5.36. The van der Waals surface area contributed by atoms with E-state index in [1.54, 1.807) is 47.9 Å². The Kier molecular flexibility index (Phi) is 7.09. The van der Waals surface area contributed by atoms with Crippen molar-refractivity contribution in [2.75, 3.05) is 5.32 Å². The predicted octanol–water partition coefficient (Wildman–Crippen LogP) is 7.54. The van der Waals surface area contributed by atoms with Crippen LogP contribution in [0.25, 0.3) is 10.9 Å². The van der Waals surface area contributed by atoms with Crippen LogP contribution in [0.2, 0.25) is 15.1 Å². The number of rotatable bonds is 6. The number of benzene rings is 3. The summed E-state index contributed by atoms with van der Waals surface area (Å²) < 4.78 is 16.7. The van der Waals surface area contributed by atoms with Crippen molar-refractivity contribution in [3.8, 4) is 0 Å². The Bertz CT molecular complexity index is 1440. The van der Waals surface area contributed by atoms with Crippen LogP contribution in [0.15, 0.2) is 64.4 Å². The molecule has 0 atom stereocenters. The first-order chi connectivity index (χ1) is 16.1. The van der Waals surface area contributed by atoms with Gasteiger partial charge < -0.3 is 15.0 Å². The van der Waals surface area contributed by atoms with Gasteiger partial charge in [-0.2, -0.15) is 0 Å². The van der Waals surface area contributed by atoms with E-state index in [-0.39, 0.29) is 22.6 Å². The molecular weight excluding hydrogens is 522 g/mol. The standard InChI is InChI=1S/C24H16Cl3FN2O3S/c1-12-23(34-17-4-2-3-13(7-17)24(32)33)18-5-6-19(27)21(28)22(18)30(12)11-20(31)29-16-9-14(25)8-15(26)10-16/h2-10H,11H2,1H3,(H,29,31)(H,32,33). The van der Waals surface area contributed by atoms with Crippen LogP contribution in [-0.4, -0.2) is 21.6 Å². The molecule has 34 heavy (non-hydrogen) atoms. The number of aromatic nitrogens is 1. The van der Waals surface area contributed by atoms with Gasteiger partial charge in [0.05, 0.1) is 16.1 Å². The van der Waals surface area contributed by atoms with Gasteiger partial charge in [-0.1, -0.05) is 52.6 Å². The van der Waals surface area contributed by atoms with Gasteiger partial charge in [0.15, 0.2) is 5.82 Å². The van der Waals surface area contributed by atoms with E-state index in [9.17, 15) is 14.7 Å². The molecule has 0 spiro atoms. The van der Waals surface area contributed by atoms with Gasteiger partial charge in [-0.3, -0.25) is 4.79 Å². The van der Waals surface area contributed by atoms with E-state index in [2.05, 4.69) is 5.32 Å². The van der Waals surface area contributed by atoms with Gasteiger partial charge in [0, 0.05) is 36.6 Å². The first kappa shape index (κ1) is 24.4. The number of halogens is 4. The van der Waals surface area contributed by atoms with Crippen LogP contribution >= 0.6 is 46.6 Å². The molecule has 1 amide bonds. The SMILES string of the molecule is Cc1c(Sc2cccc(C(=O)O)c2)c2ccc(Cl)c(F)c2n1CC(=O)Nc1cc(Cl)cc(Cl)c1. The third-order valence-corrected chi connectivity index (χ3v) is 7.00. The number of amides is 1. The second-order valence-electron chi connectivity index (χ2n) is 7.40. The summed E-state index contributed by atoms with van der Waals surface area (Å²) >= 11 is 19.3. The fourth-order valence-electron chi connectivity index (χ4n) is 3.58. The summed E-state index contributed by atoms with van der Waals surface area (Å²) in [6.45, 7) is 1.57. The summed E-state index contributed by atoms with van der Waals surface area (Å²) in [6.07, 6.45) is 0. The minimum Gasteiger partial charge on any atom is -0.478 e. The number of nitrogens with one attached hydrogen (secondary N) is 1. The molecule has 5 nitrogen and oxygen atoms in total. The van der Waals surface area contributed by atoms with Crippen LogP contribution in [-0.2, 0) is 11.3 Å². The van der Waals surface area contributed by atoms with Gasteiger partial charge in [-0.25, -0.2) is 9.18 Å². The zero-order valence-electron chi connectivity index (χ0n) is 17.5. The third kappa shape index (κ3) is 5.03. The lowest BCUT2D eigenvalue weighted by Gasteiger charge is -2.11. The molecule has 174 valence electrons. The molecule has 0 bridgehead atoms. The maximum Gasteiger partial charge on any atom is 0.335 e. The number of carbonyl (C=O) groups is 2. The maximum atomic E-state index is 15.1. The number of carboxylic acids is 1. The molecule has 3 aromatic carbocycles. The molecule has 2 N–H and O–H groups in total. The van der Waals surface area contributed by atoms with E-state index in [1.165, 1.54) is 30.0 Å². The van der Waals surface area contributed by atoms with Crippen molar-refractivity contribution >= 4 is 75.0 Å². The Morgan fingerprint density at radius 1 is 1.06 bits per heavy atom. The molecule has 0 aliphatic carbocycles. The number of hydrogen-bond donors (Lipinski definition) is 2. The lowest BCUT2D eigenvalue weighted by molar-refractivity contribution is -0.116. The molecule has 10 heteroatoms. The Hall–Kier alpha value is -2.71. The average molecular weight is 538 g/mol. The molecule has 0 saturated heterocycles. The van der Waals surface area contributed by atoms with E-state index < -0.39 is 17.7 Å². The molecule has 0 saturated carbocycles.